The average molecular weight is 287 g/mol. The van der Waals surface area contributed by atoms with Crippen LogP contribution in [0.15, 0.2) is 0 Å². The summed E-state index contributed by atoms with van der Waals surface area (Å²) in [5.74, 6) is 2.24. The first-order valence-corrected chi connectivity index (χ1v) is 7.50. The van der Waals surface area contributed by atoms with Crippen LogP contribution in [0.3, 0.4) is 0 Å². The molecule has 0 unspecified atom stereocenters. The minimum absolute atomic E-state index is 0.245. The van der Waals surface area contributed by atoms with E-state index in [1.54, 1.807) is 11.3 Å². The first-order valence-electron chi connectivity index (χ1n) is 6.68. The van der Waals surface area contributed by atoms with Gasteiger partial charge >= 0.3 is 0 Å². The number of thiophene rings is 1. The van der Waals surface area contributed by atoms with Crippen molar-refractivity contribution in [3.8, 4) is 18.4 Å². The molecule has 1 heterocycles. The number of aryl methyl sites for hydroxylation is 1. The Hall–Kier alpha value is -1.98. The number of nitrogens with zero attached hydrogens (tertiary/aromatic N) is 2. The molecule has 2 rings (SSSR count). The lowest BCUT2D eigenvalue weighted by Gasteiger charge is -2.20. The molecule has 0 bridgehead atoms. The molecule has 1 aliphatic carbocycles. The van der Waals surface area contributed by atoms with Crippen LogP contribution < -0.4 is 10.6 Å². The predicted octanol–water partition coefficient (Wildman–Crippen LogP) is 1.81. The lowest BCUT2D eigenvalue weighted by Crippen LogP contribution is -2.28. The number of nitrogens with two attached hydrogens (primary N) is 1. The number of hydrogen-bond donors (Lipinski definition) is 1. The van der Waals surface area contributed by atoms with Crippen molar-refractivity contribution in [1.29, 1.82) is 5.26 Å². The minimum Gasteiger partial charge on any atom is -0.370 e. The van der Waals surface area contributed by atoms with Crippen LogP contribution in [-0.2, 0) is 17.6 Å². The molecule has 1 aromatic heterocycles. The maximum atomic E-state index is 11.0. The lowest BCUT2D eigenvalue weighted by atomic mass is 9.96. The molecule has 1 aliphatic rings. The quantitative estimate of drug-likeness (QED) is 0.840. The van der Waals surface area contributed by atoms with E-state index in [0.717, 1.165) is 29.8 Å². The second-order valence-electron chi connectivity index (χ2n) is 4.84. The van der Waals surface area contributed by atoms with Crippen LogP contribution in [-0.4, -0.2) is 19.0 Å². The van der Waals surface area contributed by atoms with Crippen LogP contribution in [0, 0.1) is 23.7 Å². The van der Waals surface area contributed by atoms with Crippen LogP contribution in [0.2, 0.25) is 0 Å². The smallest absolute Gasteiger partial charge is 0.219 e. The molecule has 0 spiro atoms. The van der Waals surface area contributed by atoms with Crippen LogP contribution in [0.5, 0.6) is 0 Å². The van der Waals surface area contributed by atoms with E-state index in [1.807, 2.05) is 4.90 Å². The summed E-state index contributed by atoms with van der Waals surface area (Å²) >= 11 is 1.64. The summed E-state index contributed by atoms with van der Waals surface area (Å²) in [4.78, 5) is 14.2. The van der Waals surface area contributed by atoms with E-state index in [4.69, 9.17) is 12.2 Å². The monoisotopic (exact) mass is 287 g/mol. The normalized spacial score (nSPS) is 13.1. The number of nitriles is 1. The zero-order chi connectivity index (χ0) is 14.5. The van der Waals surface area contributed by atoms with Crippen molar-refractivity contribution in [3.05, 3.63) is 16.0 Å². The molecular weight excluding hydrogens is 270 g/mol. The molecular formula is C15H17N3OS. The van der Waals surface area contributed by atoms with Gasteiger partial charge in [-0.15, -0.1) is 17.8 Å². The summed E-state index contributed by atoms with van der Waals surface area (Å²) in [6.07, 6.45) is 9.96. The van der Waals surface area contributed by atoms with Gasteiger partial charge in [0.2, 0.25) is 5.91 Å². The lowest BCUT2D eigenvalue weighted by molar-refractivity contribution is -0.117. The van der Waals surface area contributed by atoms with E-state index in [0.29, 0.717) is 13.1 Å². The van der Waals surface area contributed by atoms with E-state index >= 15 is 0 Å². The highest BCUT2D eigenvalue weighted by Gasteiger charge is 2.23. The summed E-state index contributed by atoms with van der Waals surface area (Å²) in [5.41, 5.74) is 7.12. The summed E-state index contributed by atoms with van der Waals surface area (Å²) < 4.78 is 0. The Kier molecular flexibility index (Phi) is 4.65. The molecule has 0 atom stereocenters. The maximum absolute atomic E-state index is 11.0. The molecule has 0 radical (unpaired) electrons. The third-order valence-electron chi connectivity index (χ3n) is 3.46. The van der Waals surface area contributed by atoms with Gasteiger partial charge in [-0.25, -0.2) is 0 Å². The topological polar surface area (TPSA) is 70.1 Å². The van der Waals surface area contributed by atoms with Crippen LogP contribution >= 0.6 is 11.3 Å². The Morgan fingerprint density at radius 1 is 1.45 bits per heavy atom. The fourth-order valence-electron chi connectivity index (χ4n) is 2.50. The van der Waals surface area contributed by atoms with Gasteiger partial charge in [-0.05, 0) is 31.2 Å². The van der Waals surface area contributed by atoms with E-state index in [-0.39, 0.29) is 12.3 Å². The number of primary amides is 1. The molecule has 5 heteroatoms. The highest BCUT2D eigenvalue weighted by molar-refractivity contribution is 7.16. The van der Waals surface area contributed by atoms with E-state index in [9.17, 15) is 10.1 Å². The number of terminal acetylenes is 1. The molecule has 20 heavy (non-hydrogen) atoms. The Bertz CT molecular complexity index is 591. The van der Waals surface area contributed by atoms with Gasteiger partial charge in [-0.2, -0.15) is 5.26 Å². The fourth-order valence-corrected chi connectivity index (χ4v) is 3.86. The van der Waals surface area contributed by atoms with E-state index < -0.39 is 0 Å². The van der Waals surface area contributed by atoms with Crippen molar-refractivity contribution in [1.82, 2.24) is 0 Å². The molecule has 0 saturated carbocycles. The van der Waals surface area contributed by atoms with Crippen molar-refractivity contribution in [2.75, 3.05) is 18.0 Å². The molecule has 1 aromatic rings. The number of carbonyl (C=O) groups excluding carboxylic acids is 1. The van der Waals surface area contributed by atoms with Crippen molar-refractivity contribution in [2.24, 2.45) is 5.73 Å². The molecule has 0 saturated heterocycles. The maximum Gasteiger partial charge on any atom is 0.219 e. The number of anilines is 1. The predicted molar refractivity (Wildman–Crippen MR) is 80.5 cm³/mol. The van der Waals surface area contributed by atoms with Crippen LogP contribution in [0.25, 0.3) is 0 Å². The first-order chi connectivity index (χ1) is 9.67. The van der Waals surface area contributed by atoms with Gasteiger partial charge in [0.05, 0.1) is 12.1 Å². The van der Waals surface area contributed by atoms with Gasteiger partial charge in [-0.3, -0.25) is 4.79 Å². The molecule has 0 fully saturated rings. The Morgan fingerprint density at radius 3 is 2.85 bits per heavy atom. The summed E-state index contributed by atoms with van der Waals surface area (Å²) in [7, 11) is 0. The number of hydrogen-bond acceptors (Lipinski definition) is 4. The number of fused-ring (bicyclic) bond motifs is 1. The van der Waals surface area contributed by atoms with Gasteiger partial charge in [0.25, 0.3) is 0 Å². The van der Waals surface area contributed by atoms with Gasteiger partial charge in [-0.1, -0.05) is 5.92 Å². The summed E-state index contributed by atoms with van der Waals surface area (Å²) in [6.45, 7) is 0.856. The third kappa shape index (κ3) is 2.95. The third-order valence-corrected chi connectivity index (χ3v) is 4.81. The molecule has 0 aliphatic heterocycles. The standard InChI is InChI=1S/C15H17N3OS/c1-2-8-18(9-7-14(17)19)15-12(10-16)11-5-3-4-6-13(11)20-15/h1H,3-9H2,(H2,17,19). The van der Waals surface area contributed by atoms with E-state index in [1.165, 1.54) is 16.9 Å². The minimum atomic E-state index is -0.355. The molecule has 4 nitrogen and oxygen atoms in total. The van der Waals surface area contributed by atoms with E-state index in [2.05, 4.69) is 12.0 Å². The van der Waals surface area contributed by atoms with Gasteiger partial charge in [0.1, 0.15) is 11.1 Å². The van der Waals surface area contributed by atoms with Crippen LogP contribution in [0.4, 0.5) is 5.00 Å². The van der Waals surface area contributed by atoms with Gasteiger partial charge in [0.15, 0.2) is 0 Å². The summed E-state index contributed by atoms with van der Waals surface area (Å²) in [5, 5.41) is 10.3. The highest BCUT2D eigenvalue weighted by Crippen LogP contribution is 2.39. The van der Waals surface area contributed by atoms with Crippen molar-refractivity contribution in [3.63, 3.8) is 0 Å². The zero-order valence-corrected chi connectivity index (χ0v) is 12.1. The molecule has 1 amide bonds. The Morgan fingerprint density at radius 2 is 2.20 bits per heavy atom. The average Bonchev–Trinajstić information content (AvgIpc) is 2.81. The van der Waals surface area contributed by atoms with Crippen molar-refractivity contribution in [2.45, 2.75) is 32.1 Å². The van der Waals surface area contributed by atoms with Crippen molar-refractivity contribution < 1.29 is 4.79 Å². The Labute approximate surface area is 123 Å². The molecule has 0 aromatic carbocycles. The first kappa shape index (κ1) is 14.4. The zero-order valence-electron chi connectivity index (χ0n) is 11.3. The highest BCUT2D eigenvalue weighted by atomic mass is 32.1. The van der Waals surface area contributed by atoms with Gasteiger partial charge in [0, 0.05) is 17.8 Å². The number of rotatable bonds is 5. The molecule has 104 valence electrons. The second kappa shape index (κ2) is 6.45. The second-order valence-corrected chi connectivity index (χ2v) is 5.93. The Balaban J connectivity index is 2.33. The van der Waals surface area contributed by atoms with Crippen LogP contribution in [0.1, 0.15) is 35.3 Å². The number of carbonyl (C=O) groups is 1. The number of amides is 1. The van der Waals surface area contributed by atoms with Gasteiger partial charge < -0.3 is 10.6 Å². The fraction of sp³-hybridized carbons (Fsp3) is 0.467. The largest absolute Gasteiger partial charge is 0.370 e. The van der Waals surface area contributed by atoms with Crippen molar-refractivity contribution >= 4 is 22.2 Å². The molecule has 2 N–H and O–H groups in total. The SMILES string of the molecule is C#CCN(CCC(N)=O)c1sc2c(c1C#N)CCCC2. The summed E-state index contributed by atoms with van der Waals surface area (Å²) in [6, 6.07) is 2.31.